The predicted molar refractivity (Wildman–Crippen MR) is 103 cm³/mol. The van der Waals surface area contributed by atoms with Gasteiger partial charge in [-0.1, -0.05) is 19.9 Å². The number of sulfonamides is 1. The van der Waals surface area contributed by atoms with Crippen molar-refractivity contribution in [3.8, 4) is 17.2 Å². The van der Waals surface area contributed by atoms with Crippen LogP contribution >= 0.6 is 0 Å². The van der Waals surface area contributed by atoms with Gasteiger partial charge in [-0.15, -0.1) is 0 Å². The van der Waals surface area contributed by atoms with E-state index in [1.54, 1.807) is 38.3 Å². The summed E-state index contributed by atoms with van der Waals surface area (Å²) in [6.45, 7) is 6.80. The minimum Gasteiger partial charge on any atom is -0.496 e. The highest BCUT2D eigenvalue weighted by Crippen LogP contribution is 2.33. The third kappa shape index (κ3) is 4.20. The molecule has 2 aromatic carbocycles. The lowest BCUT2D eigenvalue weighted by Crippen LogP contribution is -2.27. The lowest BCUT2D eigenvalue weighted by atomic mass is 10.0. The van der Waals surface area contributed by atoms with E-state index in [9.17, 15) is 8.42 Å². The second kappa shape index (κ2) is 7.78. The van der Waals surface area contributed by atoms with Gasteiger partial charge in [0.1, 0.15) is 19.0 Å². The smallest absolute Gasteiger partial charge is 0.241 e. The molecule has 27 heavy (non-hydrogen) atoms. The van der Waals surface area contributed by atoms with Gasteiger partial charge in [-0.3, -0.25) is 0 Å². The number of methoxy groups -OCH3 is 1. The standard InChI is InChI=1S/C20H25NO5S/c1-13(2)17-12-16(6-8-18(17)24-4)27(22,23)21-14(3)15-5-7-19-20(11-15)26-10-9-25-19/h5-8,11-14,21H,9-10H2,1-4H3/t14-/m0/s1. The Kier molecular flexibility index (Phi) is 5.62. The first-order chi connectivity index (χ1) is 12.8. The fraction of sp³-hybridized carbons (Fsp3) is 0.400. The van der Waals surface area contributed by atoms with Crippen LogP contribution in [0, 0.1) is 0 Å². The molecule has 0 unspecified atom stereocenters. The molecule has 146 valence electrons. The van der Waals surface area contributed by atoms with E-state index in [1.807, 2.05) is 26.0 Å². The molecule has 3 rings (SSSR count). The van der Waals surface area contributed by atoms with E-state index in [1.165, 1.54) is 0 Å². The van der Waals surface area contributed by atoms with Gasteiger partial charge in [0.2, 0.25) is 10.0 Å². The van der Waals surface area contributed by atoms with Crippen LogP contribution in [-0.4, -0.2) is 28.7 Å². The van der Waals surface area contributed by atoms with Gasteiger partial charge in [0.25, 0.3) is 0 Å². The zero-order valence-corrected chi connectivity index (χ0v) is 16.8. The zero-order valence-electron chi connectivity index (χ0n) is 16.0. The van der Waals surface area contributed by atoms with Crippen LogP contribution in [0.1, 0.15) is 43.9 Å². The van der Waals surface area contributed by atoms with Crippen LogP contribution in [0.25, 0.3) is 0 Å². The number of fused-ring (bicyclic) bond motifs is 1. The van der Waals surface area contributed by atoms with Gasteiger partial charge in [-0.25, -0.2) is 13.1 Å². The third-order valence-corrected chi connectivity index (χ3v) is 6.07. The highest BCUT2D eigenvalue weighted by molar-refractivity contribution is 7.89. The van der Waals surface area contributed by atoms with Gasteiger partial charge in [0.15, 0.2) is 11.5 Å². The van der Waals surface area contributed by atoms with Crippen molar-refractivity contribution < 1.29 is 22.6 Å². The second-order valence-electron chi connectivity index (χ2n) is 6.80. The van der Waals surface area contributed by atoms with Crippen molar-refractivity contribution in [3.63, 3.8) is 0 Å². The van der Waals surface area contributed by atoms with Crippen LogP contribution in [-0.2, 0) is 10.0 Å². The second-order valence-corrected chi connectivity index (χ2v) is 8.52. The van der Waals surface area contributed by atoms with E-state index >= 15 is 0 Å². The Hall–Kier alpha value is -2.25. The minimum atomic E-state index is -3.69. The fourth-order valence-corrected chi connectivity index (χ4v) is 4.30. The minimum absolute atomic E-state index is 0.144. The van der Waals surface area contributed by atoms with Gasteiger partial charge in [-0.2, -0.15) is 0 Å². The molecule has 0 saturated carbocycles. The number of rotatable bonds is 6. The third-order valence-electron chi connectivity index (χ3n) is 4.53. The number of ether oxygens (including phenoxy) is 3. The molecule has 1 heterocycles. The van der Waals surface area contributed by atoms with Gasteiger partial charge in [-0.05, 0) is 54.3 Å². The van der Waals surface area contributed by atoms with E-state index in [-0.39, 0.29) is 10.8 Å². The Morgan fingerprint density at radius 3 is 2.37 bits per heavy atom. The normalized spacial score (nSPS) is 14.9. The first-order valence-corrected chi connectivity index (χ1v) is 10.4. The van der Waals surface area contributed by atoms with E-state index in [4.69, 9.17) is 14.2 Å². The molecule has 0 fully saturated rings. The molecule has 1 aliphatic heterocycles. The molecule has 0 spiro atoms. The van der Waals surface area contributed by atoms with Gasteiger partial charge < -0.3 is 14.2 Å². The molecule has 0 bridgehead atoms. The van der Waals surface area contributed by atoms with Crippen LogP contribution in [0.4, 0.5) is 0 Å². The Labute approximate surface area is 160 Å². The van der Waals surface area contributed by atoms with Crippen molar-refractivity contribution in [2.45, 2.75) is 37.6 Å². The lowest BCUT2D eigenvalue weighted by molar-refractivity contribution is 0.171. The van der Waals surface area contributed by atoms with Crippen molar-refractivity contribution in [2.24, 2.45) is 0 Å². The van der Waals surface area contributed by atoms with Gasteiger partial charge >= 0.3 is 0 Å². The summed E-state index contributed by atoms with van der Waals surface area (Å²) in [5.41, 5.74) is 1.66. The Morgan fingerprint density at radius 2 is 1.70 bits per heavy atom. The first kappa shape index (κ1) is 19.5. The van der Waals surface area contributed by atoms with Crippen LogP contribution in [0.3, 0.4) is 0 Å². The number of benzene rings is 2. The Morgan fingerprint density at radius 1 is 1.00 bits per heavy atom. The lowest BCUT2D eigenvalue weighted by Gasteiger charge is -2.21. The summed E-state index contributed by atoms with van der Waals surface area (Å²) in [5, 5.41) is 0. The van der Waals surface area contributed by atoms with E-state index < -0.39 is 16.1 Å². The van der Waals surface area contributed by atoms with Crippen molar-refractivity contribution >= 4 is 10.0 Å². The SMILES string of the molecule is COc1ccc(S(=O)(=O)N[C@@H](C)c2ccc3c(c2)OCCO3)cc1C(C)C. The van der Waals surface area contributed by atoms with Crippen LogP contribution in [0.2, 0.25) is 0 Å². The summed E-state index contributed by atoms with van der Waals surface area (Å²) in [6.07, 6.45) is 0. The molecule has 7 heteroatoms. The molecule has 1 aliphatic rings. The maximum absolute atomic E-state index is 12.9. The molecule has 0 aliphatic carbocycles. The quantitative estimate of drug-likeness (QED) is 0.814. The van der Waals surface area contributed by atoms with E-state index in [0.717, 1.165) is 11.1 Å². The van der Waals surface area contributed by atoms with Gasteiger partial charge in [0, 0.05) is 6.04 Å². The maximum Gasteiger partial charge on any atom is 0.241 e. The molecule has 2 aromatic rings. The monoisotopic (exact) mass is 391 g/mol. The predicted octanol–water partition coefficient (Wildman–Crippen LogP) is 3.63. The Bertz CT molecular complexity index is 924. The number of hydrogen-bond acceptors (Lipinski definition) is 5. The number of hydrogen-bond donors (Lipinski definition) is 1. The average Bonchev–Trinajstić information content (AvgIpc) is 2.66. The molecular weight excluding hydrogens is 366 g/mol. The number of nitrogens with one attached hydrogen (secondary N) is 1. The molecule has 1 atom stereocenters. The molecule has 0 saturated heterocycles. The zero-order chi connectivity index (χ0) is 19.6. The van der Waals surface area contributed by atoms with Crippen molar-refractivity contribution in [3.05, 3.63) is 47.5 Å². The maximum atomic E-state index is 12.9. The van der Waals surface area contributed by atoms with Crippen LogP contribution in [0.15, 0.2) is 41.3 Å². The Balaban J connectivity index is 1.85. The van der Waals surface area contributed by atoms with E-state index in [2.05, 4.69) is 4.72 Å². The van der Waals surface area contributed by atoms with Crippen molar-refractivity contribution in [1.82, 2.24) is 4.72 Å². The molecule has 1 N–H and O–H groups in total. The molecule has 0 radical (unpaired) electrons. The fourth-order valence-electron chi connectivity index (χ4n) is 3.03. The summed E-state index contributed by atoms with van der Waals surface area (Å²) in [7, 11) is -2.11. The highest BCUT2D eigenvalue weighted by atomic mass is 32.2. The molecular formula is C20H25NO5S. The summed E-state index contributed by atoms with van der Waals surface area (Å²) in [6, 6.07) is 9.96. The molecule has 0 aromatic heterocycles. The largest absolute Gasteiger partial charge is 0.496 e. The van der Waals surface area contributed by atoms with Crippen molar-refractivity contribution in [1.29, 1.82) is 0 Å². The molecule has 6 nitrogen and oxygen atoms in total. The summed E-state index contributed by atoms with van der Waals surface area (Å²) in [4.78, 5) is 0.219. The summed E-state index contributed by atoms with van der Waals surface area (Å²) in [5.74, 6) is 2.14. The average molecular weight is 391 g/mol. The van der Waals surface area contributed by atoms with Crippen LogP contribution < -0.4 is 18.9 Å². The topological polar surface area (TPSA) is 73.9 Å². The summed E-state index contributed by atoms with van der Waals surface area (Å²) < 4.78 is 44.9. The van der Waals surface area contributed by atoms with Gasteiger partial charge in [0.05, 0.1) is 12.0 Å². The molecule has 0 amide bonds. The first-order valence-electron chi connectivity index (χ1n) is 8.91. The van der Waals surface area contributed by atoms with Crippen LogP contribution in [0.5, 0.6) is 17.2 Å². The highest BCUT2D eigenvalue weighted by Gasteiger charge is 2.22. The van der Waals surface area contributed by atoms with Crippen molar-refractivity contribution in [2.75, 3.05) is 20.3 Å². The summed E-state index contributed by atoms with van der Waals surface area (Å²) >= 11 is 0. The van der Waals surface area contributed by atoms with E-state index in [0.29, 0.717) is 30.5 Å².